The number of ether oxygens (including phenoxy) is 3. The van der Waals surface area contributed by atoms with Crippen LogP contribution in [-0.2, 0) is 4.79 Å². The number of benzene rings is 2. The summed E-state index contributed by atoms with van der Waals surface area (Å²) in [4.78, 5) is 12.7. The van der Waals surface area contributed by atoms with Gasteiger partial charge in [0.15, 0.2) is 5.78 Å². The lowest BCUT2D eigenvalue weighted by molar-refractivity contribution is -0.111. The molecule has 1 aliphatic carbocycles. The Labute approximate surface area is 153 Å². The van der Waals surface area contributed by atoms with Crippen molar-refractivity contribution in [3.05, 3.63) is 64.7 Å². The van der Waals surface area contributed by atoms with Gasteiger partial charge in [-0.1, -0.05) is 12.1 Å². The van der Waals surface area contributed by atoms with E-state index >= 15 is 0 Å². The number of carbonyl (C=O) groups is 1. The van der Waals surface area contributed by atoms with E-state index in [0.29, 0.717) is 11.5 Å². The van der Waals surface area contributed by atoms with E-state index in [1.165, 1.54) is 0 Å². The lowest BCUT2D eigenvalue weighted by Gasteiger charge is -2.06. The molecule has 0 saturated heterocycles. The minimum atomic E-state index is 0.0922. The summed E-state index contributed by atoms with van der Waals surface area (Å²) in [6.07, 6.45) is 5.33. The molecule has 2 aromatic carbocycles. The van der Waals surface area contributed by atoms with Gasteiger partial charge >= 0.3 is 0 Å². The summed E-state index contributed by atoms with van der Waals surface area (Å²) in [5, 5.41) is 0. The minimum absolute atomic E-state index is 0.0922. The first-order valence-corrected chi connectivity index (χ1v) is 8.46. The van der Waals surface area contributed by atoms with Crippen molar-refractivity contribution in [3.63, 3.8) is 0 Å². The molecule has 0 aliphatic heterocycles. The number of Topliss-reactive ketones (excluding diaryl/α,β-unsaturated/α-hetero) is 1. The van der Waals surface area contributed by atoms with Gasteiger partial charge in [0.1, 0.15) is 17.2 Å². The quantitative estimate of drug-likeness (QED) is 0.743. The SMILES string of the molecule is COc1cccc(/C=C2\CCC(=Cc3cc(OC)cc(OC)c3)C2=O)c1. The van der Waals surface area contributed by atoms with Crippen molar-refractivity contribution >= 4 is 17.9 Å². The molecule has 0 amide bonds. The van der Waals surface area contributed by atoms with Crippen LogP contribution in [0.5, 0.6) is 17.2 Å². The van der Waals surface area contributed by atoms with Gasteiger partial charge in [-0.15, -0.1) is 0 Å². The average Bonchev–Trinajstić information content (AvgIpc) is 3.01. The predicted molar refractivity (Wildman–Crippen MR) is 103 cm³/mol. The van der Waals surface area contributed by atoms with Crippen LogP contribution in [0.2, 0.25) is 0 Å². The molecule has 1 saturated carbocycles. The van der Waals surface area contributed by atoms with Crippen molar-refractivity contribution < 1.29 is 19.0 Å². The molecule has 0 atom stereocenters. The summed E-state index contributed by atoms with van der Waals surface area (Å²) >= 11 is 0. The number of hydrogen-bond donors (Lipinski definition) is 0. The highest BCUT2D eigenvalue weighted by molar-refractivity contribution is 6.15. The van der Waals surface area contributed by atoms with Crippen LogP contribution in [0, 0.1) is 0 Å². The first-order valence-electron chi connectivity index (χ1n) is 8.46. The van der Waals surface area contributed by atoms with Gasteiger partial charge in [0.25, 0.3) is 0 Å². The fraction of sp³-hybridized carbons (Fsp3) is 0.227. The number of hydrogen-bond acceptors (Lipinski definition) is 4. The van der Waals surface area contributed by atoms with Crippen molar-refractivity contribution in [1.82, 2.24) is 0 Å². The van der Waals surface area contributed by atoms with E-state index in [-0.39, 0.29) is 5.78 Å². The number of rotatable bonds is 5. The second kappa shape index (κ2) is 7.91. The molecular formula is C22H22O4. The highest BCUT2D eigenvalue weighted by atomic mass is 16.5. The van der Waals surface area contributed by atoms with Crippen molar-refractivity contribution in [2.45, 2.75) is 12.8 Å². The molecular weight excluding hydrogens is 328 g/mol. The Morgan fingerprint density at radius 2 is 1.27 bits per heavy atom. The van der Waals surface area contributed by atoms with Crippen LogP contribution in [0.4, 0.5) is 0 Å². The zero-order chi connectivity index (χ0) is 18.5. The monoisotopic (exact) mass is 350 g/mol. The van der Waals surface area contributed by atoms with Crippen LogP contribution in [-0.4, -0.2) is 27.1 Å². The van der Waals surface area contributed by atoms with Crippen LogP contribution in [0.3, 0.4) is 0 Å². The molecule has 134 valence electrons. The predicted octanol–water partition coefficient (Wildman–Crippen LogP) is 4.54. The summed E-state index contributed by atoms with van der Waals surface area (Å²) in [5.74, 6) is 2.28. The molecule has 0 radical (unpaired) electrons. The van der Waals surface area contributed by atoms with Crippen LogP contribution in [0.1, 0.15) is 24.0 Å². The van der Waals surface area contributed by atoms with Gasteiger partial charge in [0, 0.05) is 17.2 Å². The largest absolute Gasteiger partial charge is 0.497 e. The molecule has 4 nitrogen and oxygen atoms in total. The van der Waals surface area contributed by atoms with Gasteiger partial charge in [0.05, 0.1) is 21.3 Å². The van der Waals surface area contributed by atoms with Gasteiger partial charge in [-0.25, -0.2) is 0 Å². The zero-order valence-corrected chi connectivity index (χ0v) is 15.2. The number of allylic oxidation sites excluding steroid dienone is 2. The summed E-state index contributed by atoms with van der Waals surface area (Å²) in [6, 6.07) is 13.3. The zero-order valence-electron chi connectivity index (χ0n) is 15.2. The van der Waals surface area contributed by atoms with E-state index in [0.717, 1.165) is 40.9 Å². The van der Waals surface area contributed by atoms with Gasteiger partial charge in [0.2, 0.25) is 0 Å². The number of methoxy groups -OCH3 is 3. The fourth-order valence-electron chi connectivity index (χ4n) is 3.02. The molecule has 0 unspecified atom stereocenters. The molecule has 1 aliphatic rings. The third-order valence-electron chi connectivity index (χ3n) is 4.40. The molecule has 0 bridgehead atoms. The van der Waals surface area contributed by atoms with Crippen molar-refractivity contribution in [2.24, 2.45) is 0 Å². The van der Waals surface area contributed by atoms with E-state index in [2.05, 4.69) is 0 Å². The lowest BCUT2D eigenvalue weighted by atomic mass is 10.1. The average molecular weight is 350 g/mol. The Bertz CT molecular complexity index is 855. The topological polar surface area (TPSA) is 44.8 Å². The van der Waals surface area contributed by atoms with Crippen LogP contribution >= 0.6 is 0 Å². The molecule has 26 heavy (non-hydrogen) atoms. The maximum Gasteiger partial charge on any atom is 0.185 e. The van der Waals surface area contributed by atoms with Crippen molar-refractivity contribution in [3.8, 4) is 17.2 Å². The summed E-state index contributed by atoms with van der Waals surface area (Å²) in [6.45, 7) is 0. The second-order valence-electron chi connectivity index (χ2n) is 6.09. The minimum Gasteiger partial charge on any atom is -0.497 e. The highest BCUT2D eigenvalue weighted by Crippen LogP contribution is 2.31. The Hall–Kier alpha value is -3.01. The Morgan fingerprint density at radius 1 is 0.731 bits per heavy atom. The number of carbonyl (C=O) groups excluding carboxylic acids is 1. The molecule has 1 fully saturated rings. The van der Waals surface area contributed by atoms with E-state index in [9.17, 15) is 4.79 Å². The molecule has 0 N–H and O–H groups in total. The van der Waals surface area contributed by atoms with E-state index in [1.54, 1.807) is 21.3 Å². The van der Waals surface area contributed by atoms with E-state index in [4.69, 9.17) is 14.2 Å². The van der Waals surface area contributed by atoms with Gasteiger partial charge < -0.3 is 14.2 Å². The van der Waals surface area contributed by atoms with Gasteiger partial charge in [-0.3, -0.25) is 4.79 Å². The molecule has 4 heteroatoms. The number of ketones is 1. The highest BCUT2D eigenvalue weighted by Gasteiger charge is 2.23. The lowest BCUT2D eigenvalue weighted by Crippen LogP contribution is -1.96. The van der Waals surface area contributed by atoms with Gasteiger partial charge in [-0.05, 0) is 60.4 Å². The van der Waals surface area contributed by atoms with Crippen LogP contribution < -0.4 is 14.2 Å². The van der Waals surface area contributed by atoms with E-state index in [1.807, 2.05) is 54.6 Å². The van der Waals surface area contributed by atoms with Gasteiger partial charge in [-0.2, -0.15) is 0 Å². The van der Waals surface area contributed by atoms with E-state index < -0.39 is 0 Å². The summed E-state index contributed by atoms with van der Waals surface area (Å²) < 4.78 is 15.8. The van der Waals surface area contributed by atoms with Crippen LogP contribution in [0.15, 0.2) is 53.6 Å². The first-order chi connectivity index (χ1) is 12.6. The molecule has 0 aromatic heterocycles. The Morgan fingerprint density at radius 3 is 1.85 bits per heavy atom. The molecule has 0 spiro atoms. The normalized spacial score (nSPS) is 17.0. The van der Waals surface area contributed by atoms with Crippen molar-refractivity contribution in [1.29, 1.82) is 0 Å². The van der Waals surface area contributed by atoms with Crippen LogP contribution in [0.25, 0.3) is 12.2 Å². The maximum atomic E-state index is 12.7. The molecule has 0 heterocycles. The molecule has 3 rings (SSSR count). The summed E-state index contributed by atoms with van der Waals surface area (Å²) in [7, 11) is 4.86. The Kier molecular flexibility index (Phi) is 5.42. The maximum absolute atomic E-state index is 12.7. The van der Waals surface area contributed by atoms with Crippen molar-refractivity contribution in [2.75, 3.05) is 21.3 Å². The summed E-state index contributed by atoms with van der Waals surface area (Å²) in [5.41, 5.74) is 3.48. The first kappa shape index (κ1) is 17.8. The smallest absolute Gasteiger partial charge is 0.185 e. The fourth-order valence-corrected chi connectivity index (χ4v) is 3.02. The molecule has 2 aromatic rings. The standard InChI is InChI=1S/C22H22O4/c1-24-19-6-4-5-15(11-19)9-17-7-8-18(22(17)23)10-16-12-20(25-2)14-21(13-16)26-3/h4-6,9-14H,7-8H2,1-3H3/b17-9+,18-10?. The second-order valence-corrected chi connectivity index (χ2v) is 6.09. The third kappa shape index (κ3) is 3.97. The third-order valence-corrected chi connectivity index (χ3v) is 4.40. The Balaban J connectivity index is 1.86.